The number of methoxy groups -OCH3 is 3. The standard InChI is InChI=1S/C10H14N2O6/c1-6(11-12-10(15)18-4)7(9(14)17-3)5-8(13)16-2/h5H,1-4H3,(H,12,15)/b7-5-,11-6+. The van der Waals surface area contributed by atoms with Crippen molar-refractivity contribution in [3.63, 3.8) is 0 Å². The molecule has 0 rings (SSSR count). The zero-order valence-electron chi connectivity index (χ0n) is 10.5. The molecule has 0 aromatic carbocycles. The van der Waals surface area contributed by atoms with Gasteiger partial charge in [0.15, 0.2) is 0 Å². The van der Waals surface area contributed by atoms with Crippen molar-refractivity contribution in [1.29, 1.82) is 0 Å². The largest absolute Gasteiger partial charge is 0.466 e. The fourth-order valence-electron chi connectivity index (χ4n) is 0.833. The maximum Gasteiger partial charge on any atom is 0.427 e. The second-order valence-electron chi connectivity index (χ2n) is 2.87. The highest BCUT2D eigenvalue weighted by molar-refractivity contribution is 6.21. The third-order valence-corrected chi connectivity index (χ3v) is 1.76. The van der Waals surface area contributed by atoms with E-state index in [1.165, 1.54) is 6.92 Å². The predicted molar refractivity (Wildman–Crippen MR) is 60.8 cm³/mol. The van der Waals surface area contributed by atoms with Crippen molar-refractivity contribution in [2.45, 2.75) is 6.92 Å². The number of nitrogens with one attached hydrogen (secondary N) is 1. The quantitative estimate of drug-likeness (QED) is 0.250. The molecule has 0 aromatic rings. The van der Waals surface area contributed by atoms with Gasteiger partial charge in [-0.2, -0.15) is 5.10 Å². The fraction of sp³-hybridized carbons (Fsp3) is 0.400. The van der Waals surface area contributed by atoms with Gasteiger partial charge < -0.3 is 14.2 Å². The highest BCUT2D eigenvalue weighted by Crippen LogP contribution is 2.02. The Bertz CT molecular complexity index is 399. The summed E-state index contributed by atoms with van der Waals surface area (Å²) in [4.78, 5) is 33.3. The van der Waals surface area contributed by atoms with Crippen molar-refractivity contribution in [2.24, 2.45) is 5.10 Å². The minimum absolute atomic E-state index is 0.0673. The number of rotatable bonds is 4. The molecule has 0 aliphatic heterocycles. The van der Waals surface area contributed by atoms with Crippen LogP contribution in [0.1, 0.15) is 6.92 Å². The van der Waals surface area contributed by atoms with E-state index < -0.39 is 18.0 Å². The molecular weight excluding hydrogens is 244 g/mol. The lowest BCUT2D eigenvalue weighted by atomic mass is 10.1. The summed E-state index contributed by atoms with van der Waals surface area (Å²) in [6.07, 6.45) is 0.0977. The van der Waals surface area contributed by atoms with E-state index in [1.54, 1.807) is 0 Å². The summed E-state index contributed by atoms with van der Waals surface area (Å²) in [5.41, 5.74) is 1.94. The minimum atomic E-state index is -0.809. The lowest BCUT2D eigenvalue weighted by Gasteiger charge is -2.05. The average molecular weight is 258 g/mol. The van der Waals surface area contributed by atoms with E-state index in [4.69, 9.17) is 0 Å². The van der Waals surface area contributed by atoms with Crippen molar-refractivity contribution in [2.75, 3.05) is 21.3 Å². The molecule has 18 heavy (non-hydrogen) atoms. The monoisotopic (exact) mass is 258 g/mol. The topological polar surface area (TPSA) is 103 Å². The molecule has 0 aliphatic carbocycles. The Morgan fingerprint density at radius 2 is 1.67 bits per heavy atom. The zero-order valence-corrected chi connectivity index (χ0v) is 10.5. The van der Waals surface area contributed by atoms with Crippen LogP contribution in [0.2, 0.25) is 0 Å². The van der Waals surface area contributed by atoms with Gasteiger partial charge in [-0.15, -0.1) is 0 Å². The number of ether oxygens (including phenoxy) is 3. The van der Waals surface area contributed by atoms with Gasteiger partial charge in [0.05, 0.1) is 32.6 Å². The zero-order chi connectivity index (χ0) is 14.1. The summed E-state index contributed by atoms with van der Waals surface area (Å²) in [6, 6.07) is 0. The lowest BCUT2D eigenvalue weighted by molar-refractivity contribution is -0.138. The summed E-state index contributed by atoms with van der Waals surface area (Å²) < 4.78 is 13.1. The molecule has 0 saturated carbocycles. The first kappa shape index (κ1) is 15.6. The van der Waals surface area contributed by atoms with Crippen LogP contribution in [0, 0.1) is 0 Å². The Kier molecular flexibility index (Phi) is 6.79. The molecule has 8 heteroatoms. The van der Waals surface area contributed by atoms with E-state index in [2.05, 4.69) is 19.3 Å². The van der Waals surface area contributed by atoms with E-state index in [9.17, 15) is 14.4 Å². The number of esters is 2. The van der Waals surface area contributed by atoms with Gasteiger partial charge in [-0.1, -0.05) is 0 Å². The molecule has 0 atom stereocenters. The van der Waals surface area contributed by atoms with Gasteiger partial charge in [-0.05, 0) is 6.92 Å². The van der Waals surface area contributed by atoms with E-state index in [0.29, 0.717) is 0 Å². The molecule has 0 bridgehead atoms. The maximum atomic E-state index is 11.4. The highest BCUT2D eigenvalue weighted by Gasteiger charge is 2.16. The Morgan fingerprint density at radius 1 is 1.06 bits per heavy atom. The van der Waals surface area contributed by atoms with E-state index in [0.717, 1.165) is 27.4 Å². The molecular formula is C10H14N2O6. The van der Waals surface area contributed by atoms with Gasteiger partial charge >= 0.3 is 18.0 Å². The molecule has 0 unspecified atom stereocenters. The first-order valence-electron chi connectivity index (χ1n) is 4.72. The number of hydrogen-bond donors (Lipinski definition) is 1. The third-order valence-electron chi connectivity index (χ3n) is 1.76. The van der Waals surface area contributed by atoms with Crippen LogP contribution < -0.4 is 5.43 Å². The number of hydrazone groups is 1. The van der Waals surface area contributed by atoms with Crippen LogP contribution in [0.25, 0.3) is 0 Å². The maximum absolute atomic E-state index is 11.4. The van der Waals surface area contributed by atoms with Crippen LogP contribution in [-0.2, 0) is 23.8 Å². The molecule has 1 N–H and O–H groups in total. The summed E-state index contributed by atoms with van der Waals surface area (Å²) in [7, 11) is 3.47. The second kappa shape index (κ2) is 7.82. The van der Waals surface area contributed by atoms with Gasteiger partial charge in [0.25, 0.3) is 0 Å². The SMILES string of the molecule is COC(=O)/C=C(C(=O)OC)/C(C)=N/NC(=O)OC. The van der Waals surface area contributed by atoms with Crippen LogP contribution >= 0.6 is 0 Å². The van der Waals surface area contributed by atoms with Crippen LogP contribution in [0.5, 0.6) is 0 Å². The van der Waals surface area contributed by atoms with E-state index >= 15 is 0 Å². The van der Waals surface area contributed by atoms with Crippen LogP contribution in [0.15, 0.2) is 16.8 Å². The molecule has 8 nitrogen and oxygen atoms in total. The molecule has 0 aliphatic rings. The fourth-order valence-corrected chi connectivity index (χ4v) is 0.833. The Hall–Kier alpha value is -2.38. The molecule has 0 fully saturated rings. The van der Waals surface area contributed by atoms with Gasteiger partial charge in [0.1, 0.15) is 0 Å². The minimum Gasteiger partial charge on any atom is -0.466 e. The van der Waals surface area contributed by atoms with Crippen molar-refractivity contribution < 1.29 is 28.6 Å². The normalized spacial score (nSPS) is 11.6. The molecule has 0 radical (unpaired) electrons. The Balaban J connectivity index is 5.08. The molecule has 100 valence electrons. The summed E-state index contributed by atoms with van der Waals surface area (Å²) in [5, 5.41) is 3.57. The molecule has 0 spiro atoms. The van der Waals surface area contributed by atoms with Gasteiger partial charge in [0, 0.05) is 6.08 Å². The van der Waals surface area contributed by atoms with Crippen molar-refractivity contribution in [3.8, 4) is 0 Å². The van der Waals surface area contributed by atoms with E-state index in [-0.39, 0.29) is 11.3 Å². The van der Waals surface area contributed by atoms with Crippen molar-refractivity contribution in [1.82, 2.24) is 5.43 Å². The molecule has 0 saturated heterocycles. The highest BCUT2D eigenvalue weighted by atomic mass is 16.5. The number of nitrogens with zero attached hydrogens (tertiary/aromatic N) is 1. The number of carbonyl (C=O) groups excluding carboxylic acids is 3. The second-order valence-corrected chi connectivity index (χ2v) is 2.87. The number of carbonyl (C=O) groups is 3. The van der Waals surface area contributed by atoms with Gasteiger partial charge in [0.2, 0.25) is 0 Å². The van der Waals surface area contributed by atoms with Crippen LogP contribution in [0.4, 0.5) is 4.79 Å². The Morgan fingerprint density at radius 3 is 2.11 bits per heavy atom. The van der Waals surface area contributed by atoms with Crippen molar-refractivity contribution in [3.05, 3.63) is 11.6 Å². The summed E-state index contributed by atoms with van der Waals surface area (Å²) >= 11 is 0. The lowest BCUT2D eigenvalue weighted by Crippen LogP contribution is -2.21. The average Bonchev–Trinajstić information content (AvgIpc) is 2.40. The first-order chi connectivity index (χ1) is 8.46. The molecule has 1 amide bonds. The van der Waals surface area contributed by atoms with Gasteiger partial charge in [-0.3, -0.25) is 0 Å². The predicted octanol–water partition coefficient (Wildman–Crippen LogP) is -0.00930. The third kappa shape index (κ3) is 5.10. The van der Waals surface area contributed by atoms with Gasteiger partial charge in [-0.25, -0.2) is 19.8 Å². The number of hydrogen-bond acceptors (Lipinski definition) is 7. The number of amides is 1. The molecule has 0 aromatic heterocycles. The summed E-state index contributed by atoms with van der Waals surface area (Å²) in [5.74, 6) is -1.53. The van der Waals surface area contributed by atoms with Crippen LogP contribution in [-0.4, -0.2) is 45.1 Å². The van der Waals surface area contributed by atoms with E-state index in [1.807, 2.05) is 5.43 Å². The Labute approximate surface area is 104 Å². The van der Waals surface area contributed by atoms with Crippen molar-refractivity contribution >= 4 is 23.7 Å². The molecule has 0 heterocycles. The first-order valence-corrected chi connectivity index (χ1v) is 4.72. The smallest absolute Gasteiger partial charge is 0.427 e. The summed E-state index contributed by atoms with van der Waals surface area (Å²) in [6.45, 7) is 1.40. The van der Waals surface area contributed by atoms with Crippen LogP contribution in [0.3, 0.4) is 0 Å².